The third kappa shape index (κ3) is 1.92. The second-order valence-corrected chi connectivity index (χ2v) is 3.32. The molecule has 1 heterocycles. The summed E-state index contributed by atoms with van der Waals surface area (Å²) in [4.78, 5) is 3.18. The van der Waals surface area contributed by atoms with Crippen LogP contribution in [0, 0.1) is 6.92 Å². The van der Waals surface area contributed by atoms with Crippen LogP contribution in [0.3, 0.4) is 0 Å². The highest BCUT2D eigenvalue weighted by atomic mass is 14.7. The Kier molecular flexibility index (Phi) is 3.13. The highest BCUT2D eigenvalue weighted by Crippen LogP contribution is 2.25. The Bertz CT molecular complexity index is 318. The van der Waals surface area contributed by atoms with Crippen molar-refractivity contribution >= 4 is 11.6 Å². The Morgan fingerprint density at radius 3 is 2.85 bits per heavy atom. The molecule has 0 unspecified atom stereocenters. The van der Waals surface area contributed by atoms with Gasteiger partial charge in [0.1, 0.15) is 0 Å². The molecule has 1 aromatic rings. The second-order valence-electron chi connectivity index (χ2n) is 3.32. The zero-order valence-corrected chi connectivity index (χ0v) is 8.48. The van der Waals surface area contributed by atoms with Crippen LogP contribution in [-0.4, -0.2) is 4.98 Å². The monoisotopic (exact) mass is 175 g/mol. The van der Waals surface area contributed by atoms with Gasteiger partial charge in [0.15, 0.2) is 0 Å². The highest BCUT2D eigenvalue weighted by Gasteiger charge is 2.07. The van der Waals surface area contributed by atoms with Crippen LogP contribution in [-0.2, 0) is 0 Å². The number of aromatic amines is 1. The molecule has 0 aliphatic rings. The number of nitrogens with one attached hydrogen (secondary N) is 1. The minimum Gasteiger partial charge on any atom is -0.361 e. The fraction of sp³-hybridized carbons (Fsp3) is 0.333. The molecule has 0 atom stereocenters. The van der Waals surface area contributed by atoms with Gasteiger partial charge in [0.25, 0.3) is 0 Å². The van der Waals surface area contributed by atoms with Crippen LogP contribution in [0.4, 0.5) is 0 Å². The van der Waals surface area contributed by atoms with Gasteiger partial charge in [-0.05, 0) is 30.6 Å². The predicted molar refractivity (Wildman–Crippen MR) is 59.6 cm³/mol. The minimum atomic E-state index is 1.06. The van der Waals surface area contributed by atoms with Gasteiger partial charge in [-0.3, -0.25) is 0 Å². The molecule has 13 heavy (non-hydrogen) atoms. The van der Waals surface area contributed by atoms with Crippen molar-refractivity contribution in [3.05, 3.63) is 36.2 Å². The average Bonchev–Trinajstić information content (AvgIpc) is 2.47. The first-order valence-electron chi connectivity index (χ1n) is 4.69. The summed E-state index contributed by atoms with van der Waals surface area (Å²) in [6.45, 7) is 12.1. The summed E-state index contributed by atoms with van der Waals surface area (Å²) >= 11 is 0. The highest BCUT2D eigenvalue weighted by molar-refractivity contribution is 5.73. The lowest BCUT2D eigenvalue weighted by Crippen LogP contribution is -1.86. The van der Waals surface area contributed by atoms with Crippen LogP contribution in [0.5, 0.6) is 0 Å². The first kappa shape index (κ1) is 9.85. The van der Waals surface area contributed by atoms with E-state index in [1.807, 2.05) is 12.3 Å². The number of hydrogen-bond donors (Lipinski definition) is 1. The molecule has 1 N–H and O–H groups in total. The Morgan fingerprint density at radius 1 is 1.62 bits per heavy atom. The summed E-state index contributed by atoms with van der Waals surface area (Å²) < 4.78 is 0. The molecule has 0 bridgehead atoms. The molecule has 0 aromatic carbocycles. The lowest BCUT2D eigenvalue weighted by molar-refractivity contribution is 0.974. The first-order valence-corrected chi connectivity index (χ1v) is 4.69. The number of hydrogen-bond acceptors (Lipinski definition) is 0. The van der Waals surface area contributed by atoms with Gasteiger partial charge in [-0.25, -0.2) is 0 Å². The zero-order chi connectivity index (χ0) is 9.84. The molecular formula is C12H17N. The molecule has 1 heteroatoms. The van der Waals surface area contributed by atoms with E-state index < -0.39 is 0 Å². The van der Waals surface area contributed by atoms with E-state index in [-0.39, 0.29) is 0 Å². The van der Waals surface area contributed by atoms with Gasteiger partial charge < -0.3 is 4.98 Å². The van der Waals surface area contributed by atoms with Crippen molar-refractivity contribution in [2.45, 2.75) is 26.7 Å². The number of aromatic nitrogens is 1. The third-order valence-electron chi connectivity index (χ3n) is 2.22. The molecule has 0 saturated carbocycles. The van der Waals surface area contributed by atoms with Gasteiger partial charge in [-0.15, -0.1) is 0 Å². The minimum absolute atomic E-state index is 1.06. The maximum atomic E-state index is 4.09. The van der Waals surface area contributed by atoms with E-state index >= 15 is 0 Å². The predicted octanol–water partition coefficient (Wildman–Crippen LogP) is 3.78. The molecule has 0 fully saturated rings. The first-order chi connectivity index (χ1) is 6.20. The quantitative estimate of drug-likeness (QED) is 0.716. The van der Waals surface area contributed by atoms with Gasteiger partial charge in [0.05, 0.1) is 0 Å². The normalized spacial score (nSPS) is 10.0. The molecule has 0 aliphatic carbocycles. The van der Waals surface area contributed by atoms with Crippen LogP contribution in [0.15, 0.2) is 19.4 Å². The lowest BCUT2D eigenvalue weighted by atomic mass is 10.00. The van der Waals surface area contributed by atoms with Crippen LogP contribution in [0.1, 0.15) is 36.6 Å². The second kappa shape index (κ2) is 4.13. The van der Waals surface area contributed by atoms with Crippen LogP contribution >= 0.6 is 0 Å². The van der Waals surface area contributed by atoms with Crippen molar-refractivity contribution in [3.63, 3.8) is 0 Å². The smallest absolute Gasteiger partial charge is 0.0453 e. The SMILES string of the molecule is C=Cc1[nH]cc(C)c1C(=C)CCC. The van der Waals surface area contributed by atoms with Gasteiger partial charge in [-0.1, -0.05) is 26.5 Å². The Balaban J connectivity index is 3.03. The van der Waals surface area contributed by atoms with E-state index in [0.717, 1.165) is 18.5 Å². The van der Waals surface area contributed by atoms with Gasteiger partial charge in [0, 0.05) is 17.5 Å². The third-order valence-corrected chi connectivity index (χ3v) is 2.22. The van der Waals surface area contributed by atoms with Crippen LogP contribution in [0.25, 0.3) is 11.6 Å². The van der Waals surface area contributed by atoms with Crippen molar-refractivity contribution < 1.29 is 0 Å². The van der Waals surface area contributed by atoms with E-state index in [1.54, 1.807) is 0 Å². The van der Waals surface area contributed by atoms with E-state index in [9.17, 15) is 0 Å². The van der Waals surface area contributed by atoms with Gasteiger partial charge >= 0.3 is 0 Å². The Labute approximate surface area is 80.2 Å². The van der Waals surface area contributed by atoms with Crippen molar-refractivity contribution in [1.82, 2.24) is 4.98 Å². The summed E-state index contributed by atoms with van der Waals surface area (Å²) in [6.07, 6.45) is 6.05. The van der Waals surface area contributed by atoms with Crippen molar-refractivity contribution in [2.24, 2.45) is 0 Å². The molecule has 1 nitrogen and oxygen atoms in total. The lowest BCUT2D eigenvalue weighted by Gasteiger charge is -2.04. The standard InChI is InChI=1S/C12H17N/c1-5-7-9(3)12-10(4)8-13-11(12)6-2/h6,8,13H,2-3,5,7H2,1,4H3. The van der Waals surface area contributed by atoms with E-state index in [4.69, 9.17) is 0 Å². The summed E-state index contributed by atoms with van der Waals surface area (Å²) in [5.74, 6) is 0. The number of rotatable bonds is 4. The van der Waals surface area contributed by atoms with E-state index in [1.165, 1.54) is 16.7 Å². The maximum absolute atomic E-state index is 4.09. The molecule has 0 radical (unpaired) electrons. The average molecular weight is 175 g/mol. The molecule has 70 valence electrons. The molecule has 0 aliphatic heterocycles. The largest absolute Gasteiger partial charge is 0.361 e. The summed E-state index contributed by atoms with van der Waals surface area (Å²) in [5.41, 5.74) is 4.80. The fourth-order valence-corrected chi connectivity index (χ4v) is 1.60. The van der Waals surface area contributed by atoms with Crippen LogP contribution < -0.4 is 0 Å². The Hall–Kier alpha value is -1.24. The summed E-state index contributed by atoms with van der Waals surface area (Å²) in [6, 6.07) is 0. The van der Waals surface area contributed by atoms with Crippen LogP contribution in [0.2, 0.25) is 0 Å². The van der Waals surface area contributed by atoms with Gasteiger partial charge in [-0.2, -0.15) is 0 Å². The van der Waals surface area contributed by atoms with Crippen molar-refractivity contribution in [3.8, 4) is 0 Å². The van der Waals surface area contributed by atoms with Gasteiger partial charge in [0.2, 0.25) is 0 Å². The van der Waals surface area contributed by atoms with Crippen molar-refractivity contribution in [1.29, 1.82) is 0 Å². The molecule has 0 saturated heterocycles. The van der Waals surface area contributed by atoms with E-state index in [2.05, 4.69) is 32.0 Å². The number of H-pyrrole nitrogens is 1. The number of allylic oxidation sites excluding steroid dienone is 1. The molecule has 1 aromatic heterocycles. The fourth-order valence-electron chi connectivity index (χ4n) is 1.60. The number of aryl methyl sites for hydroxylation is 1. The molecule has 0 spiro atoms. The summed E-state index contributed by atoms with van der Waals surface area (Å²) in [5, 5.41) is 0. The molecule has 0 amide bonds. The van der Waals surface area contributed by atoms with Crippen molar-refractivity contribution in [2.75, 3.05) is 0 Å². The molecular weight excluding hydrogens is 158 g/mol. The maximum Gasteiger partial charge on any atom is 0.0453 e. The molecule has 1 rings (SSSR count). The topological polar surface area (TPSA) is 15.8 Å². The zero-order valence-electron chi connectivity index (χ0n) is 8.48. The van der Waals surface area contributed by atoms with E-state index in [0.29, 0.717) is 0 Å². The summed E-state index contributed by atoms with van der Waals surface area (Å²) in [7, 11) is 0. The Morgan fingerprint density at radius 2 is 2.31 bits per heavy atom.